The summed E-state index contributed by atoms with van der Waals surface area (Å²) in [6.07, 6.45) is 2.17. The maximum atomic E-state index is 5.95. The quantitative estimate of drug-likeness (QED) is 0.781. The van der Waals surface area contributed by atoms with Crippen molar-refractivity contribution in [3.8, 4) is 0 Å². The molecular weight excluding hydrogens is 204 g/mol. The van der Waals surface area contributed by atoms with E-state index in [9.17, 15) is 0 Å². The van der Waals surface area contributed by atoms with Crippen molar-refractivity contribution in [2.75, 3.05) is 18.9 Å². The molecule has 0 spiro atoms. The molecule has 2 aromatic rings. The fourth-order valence-corrected chi connectivity index (χ4v) is 2.20. The van der Waals surface area contributed by atoms with Crippen molar-refractivity contribution in [3.05, 3.63) is 24.0 Å². The number of fused-ring (bicyclic) bond motifs is 1. The molecule has 1 fully saturated rings. The van der Waals surface area contributed by atoms with Crippen LogP contribution in [-0.4, -0.2) is 27.8 Å². The lowest BCUT2D eigenvalue weighted by Crippen LogP contribution is -2.18. The molecule has 0 saturated carbocycles. The van der Waals surface area contributed by atoms with Crippen LogP contribution in [-0.2, 0) is 4.74 Å². The average Bonchev–Trinajstić information content (AvgIpc) is 2.75. The Labute approximate surface area is 93.2 Å². The zero-order valence-electron chi connectivity index (χ0n) is 8.97. The van der Waals surface area contributed by atoms with Crippen LogP contribution < -0.4 is 5.73 Å². The number of anilines is 1. The van der Waals surface area contributed by atoms with Crippen molar-refractivity contribution >= 4 is 11.5 Å². The topological polar surface area (TPSA) is 65.4 Å². The van der Waals surface area contributed by atoms with Crippen LogP contribution in [0, 0.1) is 0 Å². The van der Waals surface area contributed by atoms with E-state index < -0.39 is 0 Å². The molecule has 2 N–H and O–H groups in total. The summed E-state index contributed by atoms with van der Waals surface area (Å²) in [5.41, 5.74) is 6.76. The van der Waals surface area contributed by atoms with E-state index in [1.807, 2.05) is 22.6 Å². The highest BCUT2D eigenvalue weighted by atomic mass is 16.5. The first-order valence-corrected chi connectivity index (χ1v) is 5.53. The van der Waals surface area contributed by atoms with E-state index >= 15 is 0 Å². The molecule has 1 saturated heterocycles. The molecule has 0 radical (unpaired) electrons. The third-order valence-corrected chi connectivity index (χ3v) is 3.01. The molecule has 5 heteroatoms. The second-order valence-corrected chi connectivity index (χ2v) is 4.12. The highest BCUT2D eigenvalue weighted by Crippen LogP contribution is 2.25. The van der Waals surface area contributed by atoms with Gasteiger partial charge in [-0.05, 0) is 25.0 Å². The van der Waals surface area contributed by atoms with Gasteiger partial charge in [0.05, 0.1) is 6.61 Å². The minimum Gasteiger partial charge on any atom is -0.385 e. The smallest absolute Gasteiger partial charge is 0.162 e. The molecule has 1 atom stereocenters. The monoisotopic (exact) mass is 218 g/mol. The van der Waals surface area contributed by atoms with Gasteiger partial charge in [-0.15, -0.1) is 10.2 Å². The zero-order chi connectivity index (χ0) is 11.0. The lowest BCUT2D eigenvalue weighted by molar-refractivity contribution is 0.0778. The van der Waals surface area contributed by atoms with Gasteiger partial charge in [-0.1, -0.05) is 6.07 Å². The number of ether oxygens (including phenoxy) is 1. The van der Waals surface area contributed by atoms with Gasteiger partial charge in [-0.3, -0.25) is 4.40 Å². The van der Waals surface area contributed by atoms with Gasteiger partial charge >= 0.3 is 0 Å². The van der Waals surface area contributed by atoms with Crippen LogP contribution in [0.5, 0.6) is 0 Å². The maximum Gasteiger partial charge on any atom is 0.162 e. The zero-order valence-corrected chi connectivity index (χ0v) is 8.97. The molecule has 3 heterocycles. The van der Waals surface area contributed by atoms with E-state index in [1.165, 1.54) is 0 Å². The number of nitrogens with two attached hydrogens (primary N) is 1. The summed E-state index contributed by atoms with van der Waals surface area (Å²) in [7, 11) is 0. The standard InChI is InChI=1S/C11H14N4O/c12-9-4-1-5-10-13-14-11(15(9)10)8-3-2-6-16-7-8/h1,4-5,8H,2-3,6-7,12H2. The molecule has 1 unspecified atom stereocenters. The number of nitrogens with zero attached hydrogens (tertiary/aromatic N) is 3. The lowest BCUT2D eigenvalue weighted by Gasteiger charge is -2.20. The first-order valence-electron chi connectivity index (χ1n) is 5.53. The Morgan fingerprint density at radius 3 is 3.12 bits per heavy atom. The van der Waals surface area contributed by atoms with Crippen LogP contribution in [0.3, 0.4) is 0 Å². The number of aromatic nitrogens is 3. The average molecular weight is 218 g/mol. The van der Waals surface area contributed by atoms with E-state index in [4.69, 9.17) is 10.5 Å². The summed E-state index contributed by atoms with van der Waals surface area (Å²) >= 11 is 0. The molecule has 84 valence electrons. The Morgan fingerprint density at radius 2 is 2.31 bits per heavy atom. The number of rotatable bonds is 1. The summed E-state index contributed by atoms with van der Waals surface area (Å²) in [6.45, 7) is 1.57. The SMILES string of the molecule is Nc1cccc2nnc(C3CCCOC3)n12. The van der Waals surface area contributed by atoms with Crippen LogP contribution in [0.2, 0.25) is 0 Å². The molecule has 16 heavy (non-hydrogen) atoms. The first-order chi connectivity index (χ1) is 7.86. The van der Waals surface area contributed by atoms with Gasteiger partial charge in [0.2, 0.25) is 0 Å². The summed E-state index contributed by atoms with van der Waals surface area (Å²) in [5.74, 6) is 1.92. The molecular formula is C11H14N4O. The third-order valence-electron chi connectivity index (χ3n) is 3.01. The minimum atomic E-state index is 0.313. The third kappa shape index (κ3) is 1.44. The Morgan fingerprint density at radius 1 is 1.38 bits per heavy atom. The van der Waals surface area contributed by atoms with Crippen LogP contribution in [0.1, 0.15) is 24.6 Å². The predicted octanol–water partition coefficient (Wildman–Crippen LogP) is 1.21. The first kappa shape index (κ1) is 9.59. The van der Waals surface area contributed by atoms with Gasteiger partial charge in [-0.25, -0.2) is 0 Å². The number of nitrogen functional groups attached to an aromatic ring is 1. The summed E-state index contributed by atoms with van der Waals surface area (Å²) in [5, 5.41) is 8.36. The molecule has 0 aliphatic carbocycles. The summed E-state index contributed by atoms with van der Waals surface area (Å²) in [6, 6.07) is 5.67. The number of pyridine rings is 1. The van der Waals surface area contributed by atoms with Crippen LogP contribution in [0.15, 0.2) is 18.2 Å². The molecule has 0 amide bonds. The molecule has 1 aliphatic heterocycles. The second-order valence-electron chi connectivity index (χ2n) is 4.12. The fraction of sp³-hybridized carbons (Fsp3) is 0.455. The van der Waals surface area contributed by atoms with E-state index in [-0.39, 0.29) is 0 Å². The molecule has 1 aliphatic rings. The highest BCUT2D eigenvalue weighted by Gasteiger charge is 2.21. The van der Waals surface area contributed by atoms with Gasteiger partial charge in [0.15, 0.2) is 5.65 Å². The van der Waals surface area contributed by atoms with Gasteiger partial charge in [0.25, 0.3) is 0 Å². The molecule has 5 nitrogen and oxygen atoms in total. The van der Waals surface area contributed by atoms with Gasteiger partial charge in [-0.2, -0.15) is 0 Å². The fourth-order valence-electron chi connectivity index (χ4n) is 2.20. The van der Waals surface area contributed by atoms with Crippen molar-refractivity contribution in [2.24, 2.45) is 0 Å². The molecule has 2 aromatic heterocycles. The van der Waals surface area contributed by atoms with E-state index in [1.54, 1.807) is 0 Å². The van der Waals surface area contributed by atoms with Crippen LogP contribution >= 0.6 is 0 Å². The second kappa shape index (κ2) is 3.75. The Hall–Kier alpha value is -1.62. The van der Waals surface area contributed by atoms with Crippen molar-refractivity contribution in [3.63, 3.8) is 0 Å². The van der Waals surface area contributed by atoms with Gasteiger partial charge < -0.3 is 10.5 Å². The Bertz CT molecular complexity index is 502. The molecule has 3 rings (SSSR count). The normalized spacial score (nSPS) is 21.4. The van der Waals surface area contributed by atoms with Gasteiger partial charge in [0, 0.05) is 12.5 Å². The van der Waals surface area contributed by atoms with E-state index in [2.05, 4.69) is 10.2 Å². The van der Waals surface area contributed by atoms with Crippen molar-refractivity contribution < 1.29 is 4.74 Å². The van der Waals surface area contributed by atoms with Crippen LogP contribution in [0.25, 0.3) is 5.65 Å². The van der Waals surface area contributed by atoms with E-state index in [0.29, 0.717) is 11.7 Å². The summed E-state index contributed by atoms with van der Waals surface area (Å²) in [4.78, 5) is 0. The molecule has 0 aromatic carbocycles. The maximum absolute atomic E-state index is 5.95. The van der Waals surface area contributed by atoms with Crippen LogP contribution in [0.4, 0.5) is 5.82 Å². The van der Waals surface area contributed by atoms with E-state index in [0.717, 1.165) is 37.5 Å². The predicted molar refractivity (Wildman–Crippen MR) is 60.2 cm³/mol. The Kier molecular flexibility index (Phi) is 2.25. The molecule has 0 bridgehead atoms. The minimum absolute atomic E-state index is 0.313. The van der Waals surface area contributed by atoms with Crippen molar-refractivity contribution in [2.45, 2.75) is 18.8 Å². The van der Waals surface area contributed by atoms with Crippen molar-refractivity contribution in [1.29, 1.82) is 0 Å². The lowest BCUT2D eigenvalue weighted by atomic mass is 10.0. The highest BCUT2D eigenvalue weighted by molar-refractivity contribution is 5.48. The number of hydrogen-bond donors (Lipinski definition) is 1. The largest absolute Gasteiger partial charge is 0.385 e. The Balaban J connectivity index is 2.09. The van der Waals surface area contributed by atoms with Crippen molar-refractivity contribution in [1.82, 2.24) is 14.6 Å². The number of hydrogen-bond acceptors (Lipinski definition) is 4. The van der Waals surface area contributed by atoms with Gasteiger partial charge in [0.1, 0.15) is 11.6 Å². The summed E-state index contributed by atoms with van der Waals surface area (Å²) < 4.78 is 7.39.